The molecule has 0 amide bonds. The van der Waals surface area contributed by atoms with Crippen LogP contribution in [0.4, 0.5) is 11.4 Å². The Morgan fingerprint density at radius 2 is 2.04 bits per heavy atom. The Labute approximate surface area is 148 Å². The third kappa shape index (κ3) is 4.97. The molecule has 0 aromatic heterocycles. The van der Waals surface area contributed by atoms with Crippen LogP contribution in [0.15, 0.2) is 23.2 Å². The van der Waals surface area contributed by atoms with E-state index in [1.54, 1.807) is 23.9 Å². The molecular weight excluding hydrogens is 322 g/mol. The van der Waals surface area contributed by atoms with E-state index in [1.807, 2.05) is 6.92 Å². The van der Waals surface area contributed by atoms with Crippen LogP contribution in [0.1, 0.15) is 45.1 Å². The van der Waals surface area contributed by atoms with E-state index in [2.05, 4.69) is 18.7 Å². The van der Waals surface area contributed by atoms with Crippen LogP contribution < -0.4 is 0 Å². The number of aliphatic imine (C=N–C) groups is 1. The van der Waals surface area contributed by atoms with Gasteiger partial charge in [0, 0.05) is 31.0 Å². The van der Waals surface area contributed by atoms with Crippen molar-refractivity contribution in [2.75, 3.05) is 18.8 Å². The van der Waals surface area contributed by atoms with Crippen LogP contribution >= 0.6 is 11.8 Å². The molecule has 0 atom stereocenters. The van der Waals surface area contributed by atoms with Crippen molar-refractivity contribution in [1.82, 2.24) is 4.90 Å². The van der Waals surface area contributed by atoms with Crippen molar-refractivity contribution in [3.63, 3.8) is 0 Å². The molecule has 24 heavy (non-hydrogen) atoms. The molecule has 132 valence electrons. The molecule has 0 aliphatic carbocycles. The van der Waals surface area contributed by atoms with E-state index < -0.39 is 0 Å². The second kappa shape index (κ2) is 9.06. The molecule has 5 nitrogen and oxygen atoms in total. The van der Waals surface area contributed by atoms with E-state index in [9.17, 15) is 10.1 Å². The number of benzene rings is 1. The molecule has 0 radical (unpaired) electrons. The molecule has 1 aromatic rings. The van der Waals surface area contributed by atoms with Crippen LogP contribution in [-0.2, 0) is 0 Å². The number of nitro groups is 1. The van der Waals surface area contributed by atoms with Crippen LogP contribution in [0.3, 0.4) is 0 Å². The number of hydrogen-bond acceptors (Lipinski definition) is 4. The highest BCUT2D eigenvalue weighted by Gasteiger charge is 2.23. The summed E-state index contributed by atoms with van der Waals surface area (Å²) in [5.74, 6) is 1.79. The van der Waals surface area contributed by atoms with E-state index in [4.69, 9.17) is 4.99 Å². The van der Waals surface area contributed by atoms with Gasteiger partial charge in [-0.2, -0.15) is 0 Å². The molecule has 1 fully saturated rings. The molecule has 1 saturated heterocycles. The van der Waals surface area contributed by atoms with Crippen LogP contribution in [0.5, 0.6) is 0 Å². The molecule has 0 bridgehead atoms. The highest BCUT2D eigenvalue weighted by atomic mass is 32.2. The summed E-state index contributed by atoms with van der Waals surface area (Å²) in [5, 5.41) is 11.9. The first-order chi connectivity index (χ1) is 11.5. The summed E-state index contributed by atoms with van der Waals surface area (Å²) < 4.78 is 0. The number of hydrogen-bond donors (Lipinski definition) is 0. The molecule has 1 heterocycles. The molecule has 0 unspecified atom stereocenters. The Hall–Kier alpha value is -1.56. The summed E-state index contributed by atoms with van der Waals surface area (Å²) in [7, 11) is 0. The molecule has 6 heteroatoms. The monoisotopic (exact) mass is 349 g/mol. The van der Waals surface area contributed by atoms with Gasteiger partial charge >= 0.3 is 0 Å². The number of non-ortho nitro benzene ring substituents is 1. The Morgan fingerprint density at radius 1 is 1.33 bits per heavy atom. The van der Waals surface area contributed by atoms with Crippen molar-refractivity contribution in [1.29, 1.82) is 0 Å². The van der Waals surface area contributed by atoms with E-state index >= 15 is 0 Å². The average molecular weight is 350 g/mol. The Kier molecular flexibility index (Phi) is 7.09. The van der Waals surface area contributed by atoms with Gasteiger partial charge < -0.3 is 4.90 Å². The highest BCUT2D eigenvalue weighted by molar-refractivity contribution is 8.14. The fraction of sp³-hybridized carbons (Fsp3) is 0.611. The van der Waals surface area contributed by atoms with Gasteiger partial charge in [-0.1, -0.05) is 38.5 Å². The summed E-state index contributed by atoms with van der Waals surface area (Å²) in [6.07, 6.45) is 4.97. The van der Waals surface area contributed by atoms with Gasteiger partial charge in [-0.25, -0.2) is 4.99 Å². The smallest absolute Gasteiger partial charge is 0.269 e. The van der Waals surface area contributed by atoms with Crippen molar-refractivity contribution in [3.05, 3.63) is 33.9 Å². The minimum absolute atomic E-state index is 0.123. The van der Waals surface area contributed by atoms with Gasteiger partial charge in [-0.3, -0.25) is 10.1 Å². The number of rotatable bonds is 8. The van der Waals surface area contributed by atoms with Crippen molar-refractivity contribution in [3.8, 4) is 0 Å². The molecule has 0 saturated carbocycles. The normalized spacial score (nSPS) is 16.3. The van der Waals surface area contributed by atoms with Gasteiger partial charge in [0.15, 0.2) is 5.17 Å². The first kappa shape index (κ1) is 18.8. The molecular formula is C18H27N3O2S. The highest BCUT2D eigenvalue weighted by Crippen LogP contribution is 2.29. The van der Waals surface area contributed by atoms with E-state index in [0.29, 0.717) is 0 Å². The van der Waals surface area contributed by atoms with Crippen LogP contribution in [-0.4, -0.2) is 33.8 Å². The fourth-order valence-electron chi connectivity index (χ4n) is 3.14. The third-order valence-electron chi connectivity index (χ3n) is 4.34. The number of amidine groups is 1. The fourth-order valence-corrected chi connectivity index (χ4v) is 4.15. The van der Waals surface area contributed by atoms with Crippen molar-refractivity contribution < 1.29 is 4.92 Å². The largest absolute Gasteiger partial charge is 0.350 e. The minimum atomic E-state index is -0.360. The predicted molar refractivity (Wildman–Crippen MR) is 102 cm³/mol. The van der Waals surface area contributed by atoms with Gasteiger partial charge in [0.2, 0.25) is 0 Å². The third-order valence-corrected chi connectivity index (χ3v) is 5.34. The van der Waals surface area contributed by atoms with Gasteiger partial charge in [-0.15, -0.1) is 0 Å². The zero-order valence-corrected chi connectivity index (χ0v) is 15.6. The first-order valence-electron chi connectivity index (χ1n) is 8.76. The van der Waals surface area contributed by atoms with Gasteiger partial charge in [0.1, 0.15) is 0 Å². The number of thioether (sulfide) groups is 1. The molecule has 1 aliphatic heterocycles. The molecule has 2 rings (SSSR count). The van der Waals surface area contributed by atoms with Crippen LogP contribution in [0, 0.1) is 23.0 Å². The molecule has 1 aromatic carbocycles. The summed E-state index contributed by atoms with van der Waals surface area (Å²) in [4.78, 5) is 17.7. The Morgan fingerprint density at radius 3 is 2.62 bits per heavy atom. The predicted octanol–water partition coefficient (Wildman–Crippen LogP) is 5.16. The lowest BCUT2D eigenvalue weighted by Crippen LogP contribution is -2.30. The summed E-state index contributed by atoms with van der Waals surface area (Å²) >= 11 is 1.78. The van der Waals surface area contributed by atoms with Crippen molar-refractivity contribution in [2.45, 2.75) is 46.5 Å². The van der Waals surface area contributed by atoms with Crippen molar-refractivity contribution >= 4 is 28.3 Å². The maximum absolute atomic E-state index is 10.9. The molecule has 1 aliphatic rings. The zero-order chi connectivity index (χ0) is 17.5. The molecule has 0 spiro atoms. The Balaban J connectivity index is 2.14. The topological polar surface area (TPSA) is 58.7 Å². The average Bonchev–Trinajstić information content (AvgIpc) is 2.96. The number of nitro benzene ring substituents is 1. The van der Waals surface area contributed by atoms with Crippen LogP contribution in [0.25, 0.3) is 0 Å². The lowest BCUT2D eigenvalue weighted by Gasteiger charge is -2.24. The minimum Gasteiger partial charge on any atom is -0.350 e. The van der Waals surface area contributed by atoms with Gasteiger partial charge in [0.05, 0.1) is 10.6 Å². The Bertz CT molecular complexity index is 598. The van der Waals surface area contributed by atoms with Gasteiger partial charge in [0.25, 0.3) is 5.69 Å². The lowest BCUT2D eigenvalue weighted by atomic mass is 9.98. The summed E-state index contributed by atoms with van der Waals surface area (Å²) in [5.41, 5.74) is 1.80. The van der Waals surface area contributed by atoms with Crippen molar-refractivity contribution in [2.24, 2.45) is 10.9 Å². The second-order valence-corrected chi connectivity index (χ2v) is 7.42. The van der Waals surface area contributed by atoms with E-state index in [-0.39, 0.29) is 10.6 Å². The lowest BCUT2D eigenvalue weighted by molar-refractivity contribution is -0.384. The summed E-state index contributed by atoms with van der Waals surface area (Å²) in [6, 6.07) is 4.89. The number of nitrogens with zero attached hydrogens (tertiary/aromatic N) is 3. The SMILES string of the molecule is CCCC(CCC)CN1CCSC1=Nc1ccc([N+](=O)[O-])cc1C. The second-order valence-electron chi connectivity index (χ2n) is 6.36. The van der Waals surface area contributed by atoms with E-state index in [0.717, 1.165) is 41.2 Å². The maximum Gasteiger partial charge on any atom is 0.269 e. The summed E-state index contributed by atoms with van der Waals surface area (Å²) in [6.45, 7) is 8.49. The quantitative estimate of drug-likeness (QED) is 0.481. The first-order valence-corrected chi connectivity index (χ1v) is 9.75. The molecule has 0 N–H and O–H groups in total. The van der Waals surface area contributed by atoms with Gasteiger partial charge in [-0.05, 0) is 37.3 Å². The zero-order valence-electron chi connectivity index (χ0n) is 14.8. The van der Waals surface area contributed by atoms with Crippen LogP contribution in [0.2, 0.25) is 0 Å². The maximum atomic E-state index is 10.9. The number of aryl methyl sites for hydroxylation is 1. The standard InChI is InChI=1S/C18H27N3O2S/c1-4-6-15(7-5-2)13-20-10-11-24-18(20)19-17-9-8-16(21(22)23)12-14(17)3/h8-9,12,15H,4-7,10-11,13H2,1-3H3. The van der Waals surface area contributed by atoms with E-state index in [1.165, 1.54) is 31.7 Å².